The quantitative estimate of drug-likeness (QED) is 0.872. The van der Waals surface area contributed by atoms with Crippen molar-refractivity contribution in [2.24, 2.45) is 0 Å². The summed E-state index contributed by atoms with van der Waals surface area (Å²) in [5.74, 6) is 0.945. The average molecular weight is 364 g/mol. The van der Waals surface area contributed by atoms with E-state index in [2.05, 4.69) is 26.2 Å². The third kappa shape index (κ3) is 3.39. The third-order valence-electron chi connectivity index (χ3n) is 3.24. The molecule has 1 aromatic carbocycles. The van der Waals surface area contributed by atoms with Crippen LogP contribution in [0.25, 0.3) is 0 Å². The van der Waals surface area contributed by atoms with Gasteiger partial charge in [-0.25, -0.2) is 4.79 Å². The van der Waals surface area contributed by atoms with Crippen molar-refractivity contribution in [2.45, 2.75) is 5.37 Å². The van der Waals surface area contributed by atoms with E-state index in [0.717, 1.165) is 28.0 Å². The van der Waals surface area contributed by atoms with Crippen molar-refractivity contribution in [3.05, 3.63) is 58.8 Å². The fraction of sp³-hybridized carbons (Fsp3) is 0.200. The summed E-state index contributed by atoms with van der Waals surface area (Å²) in [6.07, 6.45) is 3.53. The molecule has 2 heterocycles. The highest BCUT2D eigenvalue weighted by Gasteiger charge is 2.30. The number of nitrogens with zero attached hydrogens (tertiary/aromatic N) is 2. The lowest BCUT2D eigenvalue weighted by molar-refractivity contribution is 0.214. The Hall–Kier alpha value is -1.53. The molecule has 6 heteroatoms. The second-order valence-electron chi connectivity index (χ2n) is 4.63. The lowest BCUT2D eigenvalue weighted by Crippen LogP contribution is -2.34. The van der Waals surface area contributed by atoms with E-state index < -0.39 is 0 Å². The summed E-state index contributed by atoms with van der Waals surface area (Å²) < 4.78 is 0.992. The Morgan fingerprint density at radius 3 is 2.67 bits per heavy atom. The van der Waals surface area contributed by atoms with Crippen LogP contribution in [0.1, 0.15) is 10.9 Å². The molecular formula is C15H14BrN3OS. The molecule has 3 rings (SSSR count). The predicted molar refractivity (Wildman–Crippen MR) is 89.3 cm³/mol. The number of amides is 2. The molecule has 0 bridgehead atoms. The predicted octanol–water partition coefficient (Wildman–Crippen LogP) is 4.12. The van der Waals surface area contributed by atoms with Gasteiger partial charge in [-0.1, -0.05) is 15.9 Å². The number of urea groups is 1. The summed E-state index contributed by atoms with van der Waals surface area (Å²) in [5.41, 5.74) is 1.91. The molecule has 108 valence electrons. The van der Waals surface area contributed by atoms with Gasteiger partial charge < -0.3 is 10.2 Å². The number of pyridine rings is 1. The summed E-state index contributed by atoms with van der Waals surface area (Å²) in [6, 6.07) is 11.4. The van der Waals surface area contributed by atoms with Crippen LogP contribution < -0.4 is 5.32 Å². The lowest BCUT2D eigenvalue weighted by Gasteiger charge is -2.24. The van der Waals surface area contributed by atoms with Crippen molar-refractivity contribution in [1.82, 2.24) is 9.88 Å². The number of carbonyl (C=O) groups excluding carboxylic acids is 1. The van der Waals surface area contributed by atoms with Crippen molar-refractivity contribution < 1.29 is 4.79 Å². The van der Waals surface area contributed by atoms with Crippen molar-refractivity contribution in [2.75, 3.05) is 17.6 Å². The van der Waals surface area contributed by atoms with Crippen LogP contribution in [0.5, 0.6) is 0 Å². The largest absolute Gasteiger partial charge is 0.323 e. The van der Waals surface area contributed by atoms with Crippen LogP contribution in [-0.4, -0.2) is 28.2 Å². The maximum absolute atomic E-state index is 12.5. The van der Waals surface area contributed by atoms with Gasteiger partial charge in [0.2, 0.25) is 0 Å². The zero-order chi connectivity index (χ0) is 14.7. The van der Waals surface area contributed by atoms with Gasteiger partial charge in [0.15, 0.2) is 0 Å². The van der Waals surface area contributed by atoms with E-state index in [1.165, 1.54) is 0 Å². The molecule has 4 nitrogen and oxygen atoms in total. The fourth-order valence-electron chi connectivity index (χ4n) is 2.21. The molecule has 2 aromatic rings. The number of rotatable bonds is 2. The second kappa shape index (κ2) is 6.49. The molecule has 1 aliphatic rings. The number of nitrogens with one attached hydrogen (secondary N) is 1. The minimum atomic E-state index is -0.0656. The van der Waals surface area contributed by atoms with Crippen LogP contribution in [0.2, 0.25) is 0 Å². The zero-order valence-electron chi connectivity index (χ0n) is 11.2. The molecule has 1 atom stereocenters. The Balaban J connectivity index is 1.73. The molecule has 2 amide bonds. The Labute approximate surface area is 136 Å². The number of aromatic nitrogens is 1. The first-order chi connectivity index (χ1) is 10.2. The van der Waals surface area contributed by atoms with Gasteiger partial charge in [0.1, 0.15) is 5.37 Å². The van der Waals surface area contributed by atoms with Gasteiger partial charge in [-0.15, -0.1) is 11.8 Å². The number of carbonyl (C=O) groups is 1. The molecule has 0 spiro atoms. The van der Waals surface area contributed by atoms with E-state index in [4.69, 9.17) is 0 Å². The van der Waals surface area contributed by atoms with E-state index in [-0.39, 0.29) is 11.4 Å². The van der Waals surface area contributed by atoms with Crippen molar-refractivity contribution in [3.8, 4) is 0 Å². The van der Waals surface area contributed by atoms with Crippen LogP contribution in [0.3, 0.4) is 0 Å². The average Bonchev–Trinajstić information content (AvgIpc) is 3.00. The SMILES string of the molecule is O=C(Nc1ccc(Br)cc1)N1CCSC1c1ccncc1. The first kappa shape index (κ1) is 14.4. The summed E-state index contributed by atoms with van der Waals surface area (Å²) in [5, 5.41) is 3.01. The highest BCUT2D eigenvalue weighted by atomic mass is 79.9. The van der Waals surface area contributed by atoms with E-state index in [1.54, 1.807) is 24.2 Å². The minimum Gasteiger partial charge on any atom is -0.308 e. The molecule has 1 saturated heterocycles. The Morgan fingerprint density at radius 1 is 1.24 bits per heavy atom. The van der Waals surface area contributed by atoms with Gasteiger partial charge in [-0.05, 0) is 42.0 Å². The topological polar surface area (TPSA) is 45.2 Å². The third-order valence-corrected chi connectivity index (χ3v) is 5.03. The Morgan fingerprint density at radius 2 is 1.95 bits per heavy atom. The number of benzene rings is 1. The number of hydrogen-bond donors (Lipinski definition) is 1. The summed E-state index contributed by atoms with van der Waals surface area (Å²) in [7, 11) is 0. The molecule has 1 aromatic heterocycles. The van der Waals surface area contributed by atoms with Gasteiger partial charge in [0, 0.05) is 34.9 Å². The highest BCUT2D eigenvalue weighted by Crippen LogP contribution is 2.37. The van der Waals surface area contributed by atoms with E-state index in [9.17, 15) is 4.79 Å². The summed E-state index contributed by atoms with van der Waals surface area (Å²) >= 11 is 5.16. The van der Waals surface area contributed by atoms with Gasteiger partial charge >= 0.3 is 6.03 Å². The second-order valence-corrected chi connectivity index (χ2v) is 6.74. The Bertz CT molecular complexity index is 621. The van der Waals surface area contributed by atoms with E-state index >= 15 is 0 Å². The van der Waals surface area contributed by atoms with E-state index in [1.807, 2.05) is 41.3 Å². The van der Waals surface area contributed by atoms with Crippen LogP contribution in [0.4, 0.5) is 10.5 Å². The maximum atomic E-state index is 12.5. The van der Waals surface area contributed by atoms with Crippen molar-refractivity contribution in [1.29, 1.82) is 0 Å². The minimum absolute atomic E-state index is 0.0587. The Kier molecular flexibility index (Phi) is 4.45. The van der Waals surface area contributed by atoms with Crippen LogP contribution in [0, 0.1) is 0 Å². The first-order valence-corrected chi connectivity index (χ1v) is 8.43. The molecule has 0 aliphatic carbocycles. The van der Waals surface area contributed by atoms with Gasteiger partial charge in [0.25, 0.3) is 0 Å². The monoisotopic (exact) mass is 363 g/mol. The van der Waals surface area contributed by atoms with Crippen LogP contribution >= 0.6 is 27.7 Å². The number of thioether (sulfide) groups is 1. The van der Waals surface area contributed by atoms with Gasteiger partial charge in [-0.3, -0.25) is 4.98 Å². The number of anilines is 1. The van der Waals surface area contributed by atoms with Gasteiger partial charge in [0.05, 0.1) is 0 Å². The molecule has 21 heavy (non-hydrogen) atoms. The standard InChI is InChI=1S/C15H14BrN3OS/c16-12-1-3-13(4-2-12)18-15(20)19-9-10-21-14(19)11-5-7-17-8-6-11/h1-8,14H,9-10H2,(H,18,20). The molecule has 1 aliphatic heterocycles. The number of hydrogen-bond acceptors (Lipinski definition) is 3. The van der Waals surface area contributed by atoms with Crippen molar-refractivity contribution >= 4 is 39.4 Å². The lowest BCUT2D eigenvalue weighted by atomic mass is 10.2. The van der Waals surface area contributed by atoms with Gasteiger partial charge in [-0.2, -0.15) is 0 Å². The normalized spacial score (nSPS) is 17.8. The molecule has 0 radical (unpaired) electrons. The smallest absolute Gasteiger partial charge is 0.308 e. The molecule has 1 fully saturated rings. The first-order valence-electron chi connectivity index (χ1n) is 6.59. The highest BCUT2D eigenvalue weighted by molar-refractivity contribution is 9.10. The molecule has 0 saturated carbocycles. The molecule has 1 N–H and O–H groups in total. The maximum Gasteiger partial charge on any atom is 0.323 e. The van der Waals surface area contributed by atoms with Crippen LogP contribution in [-0.2, 0) is 0 Å². The van der Waals surface area contributed by atoms with E-state index in [0.29, 0.717) is 0 Å². The van der Waals surface area contributed by atoms with Crippen LogP contribution in [0.15, 0.2) is 53.3 Å². The van der Waals surface area contributed by atoms with Crippen molar-refractivity contribution in [3.63, 3.8) is 0 Å². The zero-order valence-corrected chi connectivity index (χ0v) is 13.6. The summed E-state index contributed by atoms with van der Waals surface area (Å²) in [6.45, 7) is 0.750. The summed E-state index contributed by atoms with van der Waals surface area (Å²) in [4.78, 5) is 18.4. The number of halogens is 1. The fourth-order valence-corrected chi connectivity index (χ4v) is 3.73. The molecule has 1 unspecified atom stereocenters. The molecular weight excluding hydrogens is 350 g/mol.